The zero-order valence-corrected chi connectivity index (χ0v) is 12.9. The van der Waals surface area contributed by atoms with Crippen LogP contribution in [0.3, 0.4) is 0 Å². The molecular formula is C16H16N4O3. The number of aromatic nitrogens is 3. The van der Waals surface area contributed by atoms with Crippen molar-refractivity contribution in [2.24, 2.45) is 0 Å². The van der Waals surface area contributed by atoms with Crippen molar-refractivity contribution in [3.05, 3.63) is 53.5 Å². The second-order valence-corrected chi connectivity index (χ2v) is 5.02. The number of amides is 1. The smallest absolute Gasteiger partial charge is 0.232 e. The van der Waals surface area contributed by atoms with Crippen LogP contribution in [0.15, 0.2) is 39.3 Å². The second-order valence-electron chi connectivity index (χ2n) is 5.02. The van der Waals surface area contributed by atoms with Gasteiger partial charge in [-0.05, 0) is 19.1 Å². The number of benzene rings is 1. The molecule has 118 valence electrons. The molecule has 1 aromatic carbocycles. The maximum absolute atomic E-state index is 11.3. The first-order valence-electron chi connectivity index (χ1n) is 7.19. The second kappa shape index (κ2) is 6.43. The Labute approximate surface area is 132 Å². The summed E-state index contributed by atoms with van der Waals surface area (Å²) < 4.78 is 10.9. The van der Waals surface area contributed by atoms with Crippen LogP contribution in [0.2, 0.25) is 0 Å². The molecule has 0 saturated heterocycles. The minimum atomic E-state index is -0.165. The van der Waals surface area contributed by atoms with Crippen molar-refractivity contribution in [3.63, 3.8) is 0 Å². The Balaban J connectivity index is 1.76. The van der Waals surface area contributed by atoms with Gasteiger partial charge in [0.05, 0.1) is 18.5 Å². The standard InChI is InChI=1S/C16H16N4O3/c1-10-12(18-16(22-10)11-6-4-3-5-7-11)8-15-19-13(20-23-15)9-14(21)17-2/h3-7H,8-9H2,1-2H3,(H,17,21). The predicted octanol–water partition coefficient (Wildman–Crippen LogP) is 1.91. The van der Waals surface area contributed by atoms with E-state index >= 15 is 0 Å². The molecule has 1 N–H and O–H groups in total. The summed E-state index contributed by atoms with van der Waals surface area (Å²) in [6, 6.07) is 9.66. The van der Waals surface area contributed by atoms with Crippen molar-refractivity contribution in [1.82, 2.24) is 20.4 Å². The number of carbonyl (C=O) groups excluding carboxylic acids is 1. The highest BCUT2D eigenvalue weighted by molar-refractivity contribution is 5.77. The van der Waals surface area contributed by atoms with Crippen LogP contribution < -0.4 is 5.32 Å². The largest absolute Gasteiger partial charge is 0.441 e. The van der Waals surface area contributed by atoms with E-state index in [2.05, 4.69) is 20.4 Å². The fourth-order valence-corrected chi connectivity index (χ4v) is 2.11. The molecule has 2 heterocycles. The molecule has 2 aromatic heterocycles. The summed E-state index contributed by atoms with van der Waals surface area (Å²) in [7, 11) is 1.56. The zero-order valence-electron chi connectivity index (χ0n) is 12.9. The third-order valence-corrected chi connectivity index (χ3v) is 3.34. The molecule has 1 amide bonds. The SMILES string of the molecule is CNC(=O)Cc1noc(Cc2nc(-c3ccccc3)oc2C)n1. The summed E-state index contributed by atoms with van der Waals surface area (Å²) in [5.74, 6) is 1.85. The molecule has 0 aliphatic heterocycles. The van der Waals surface area contributed by atoms with Gasteiger partial charge in [0.15, 0.2) is 5.82 Å². The summed E-state index contributed by atoms with van der Waals surface area (Å²) in [6.45, 7) is 1.84. The lowest BCUT2D eigenvalue weighted by molar-refractivity contribution is -0.120. The van der Waals surface area contributed by atoms with Crippen LogP contribution in [0.1, 0.15) is 23.2 Å². The maximum atomic E-state index is 11.3. The first-order valence-corrected chi connectivity index (χ1v) is 7.19. The molecule has 7 nitrogen and oxygen atoms in total. The minimum Gasteiger partial charge on any atom is -0.441 e. The van der Waals surface area contributed by atoms with Gasteiger partial charge < -0.3 is 14.3 Å². The molecular weight excluding hydrogens is 296 g/mol. The molecule has 3 aromatic rings. The molecule has 0 aliphatic rings. The average Bonchev–Trinajstić information content (AvgIpc) is 3.15. The Kier molecular flexibility index (Phi) is 4.18. The van der Waals surface area contributed by atoms with E-state index in [0.29, 0.717) is 29.8 Å². The number of rotatable bonds is 5. The lowest BCUT2D eigenvalue weighted by atomic mass is 10.2. The molecule has 7 heteroatoms. The van der Waals surface area contributed by atoms with Crippen LogP contribution in [0.25, 0.3) is 11.5 Å². The third kappa shape index (κ3) is 3.45. The summed E-state index contributed by atoms with van der Waals surface area (Å²) in [5, 5.41) is 6.30. The van der Waals surface area contributed by atoms with Crippen LogP contribution in [0, 0.1) is 6.92 Å². The van der Waals surface area contributed by atoms with Gasteiger partial charge in [-0.2, -0.15) is 4.98 Å². The topological polar surface area (TPSA) is 94.1 Å². The van der Waals surface area contributed by atoms with Crippen LogP contribution in [-0.4, -0.2) is 28.1 Å². The van der Waals surface area contributed by atoms with Gasteiger partial charge in [-0.1, -0.05) is 23.4 Å². The molecule has 0 atom stereocenters. The van der Waals surface area contributed by atoms with E-state index in [1.807, 2.05) is 37.3 Å². The Morgan fingerprint density at radius 2 is 2.00 bits per heavy atom. The van der Waals surface area contributed by atoms with E-state index in [1.54, 1.807) is 7.05 Å². The average molecular weight is 312 g/mol. The quantitative estimate of drug-likeness (QED) is 0.773. The van der Waals surface area contributed by atoms with Gasteiger partial charge in [0.1, 0.15) is 5.76 Å². The van der Waals surface area contributed by atoms with Gasteiger partial charge in [-0.3, -0.25) is 4.79 Å². The summed E-state index contributed by atoms with van der Waals surface area (Å²) in [6.07, 6.45) is 0.454. The third-order valence-electron chi connectivity index (χ3n) is 3.34. The minimum absolute atomic E-state index is 0.0903. The van der Waals surface area contributed by atoms with Crippen molar-refractivity contribution < 1.29 is 13.7 Å². The fourth-order valence-electron chi connectivity index (χ4n) is 2.11. The van der Waals surface area contributed by atoms with E-state index in [0.717, 1.165) is 11.3 Å². The normalized spacial score (nSPS) is 10.7. The summed E-state index contributed by atoms with van der Waals surface area (Å²) in [4.78, 5) is 20.0. The van der Waals surface area contributed by atoms with Crippen LogP contribution in [0.5, 0.6) is 0 Å². The number of nitrogens with one attached hydrogen (secondary N) is 1. The van der Waals surface area contributed by atoms with Gasteiger partial charge in [0, 0.05) is 12.6 Å². The fraction of sp³-hybridized carbons (Fsp3) is 0.250. The van der Waals surface area contributed by atoms with Crippen LogP contribution in [0.4, 0.5) is 0 Å². The van der Waals surface area contributed by atoms with E-state index in [-0.39, 0.29) is 12.3 Å². The molecule has 0 bridgehead atoms. The molecule has 0 unspecified atom stereocenters. The Hall–Kier alpha value is -2.96. The lowest BCUT2D eigenvalue weighted by Gasteiger charge is -1.92. The predicted molar refractivity (Wildman–Crippen MR) is 81.6 cm³/mol. The zero-order chi connectivity index (χ0) is 16.2. The van der Waals surface area contributed by atoms with Gasteiger partial charge in [-0.15, -0.1) is 0 Å². The van der Waals surface area contributed by atoms with E-state index in [4.69, 9.17) is 8.94 Å². The molecule has 0 spiro atoms. The molecule has 0 radical (unpaired) electrons. The van der Waals surface area contributed by atoms with E-state index in [9.17, 15) is 4.79 Å². The van der Waals surface area contributed by atoms with Gasteiger partial charge in [0.2, 0.25) is 17.7 Å². The Morgan fingerprint density at radius 3 is 2.74 bits per heavy atom. The van der Waals surface area contributed by atoms with E-state index in [1.165, 1.54) is 0 Å². The summed E-state index contributed by atoms with van der Waals surface area (Å²) in [5.41, 5.74) is 1.65. The number of hydrogen-bond acceptors (Lipinski definition) is 6. The first kappa shape index (κ1) is 15.0. The number of likely N-dealkylation sites (N-methyl/N-ethyl adjacent to an activating group) is 1. The van der Waals surface area contributed by atoms with Crippen LogP contribution >= 0.6 is 0 Å². The van der Waals surface area contributed by atoms with Crippen molar-refractivity contribution in [2.45, 2.75) is 19.8 Å². The molecule has 0 saturated carbocycles. The summed E-state index contributed by atoms with van der Waals surface area (Å²) >= 11 is 0. The molecule has 3 rings (SSSR count). The Morgan fingerprint density at radius 1 is 1.22 bits per heavy atom. The number of hydrogen-bond donors (Lipinski definition) is 1. The van der Waals surface area contributed by atoms with E-state index < -0.39 is 0 Å². The molecule has 0 fully saturated rings. The van der Waals surface area contributed by atoms with Gasteiger partial charge >= 0.3 is 0 Å². The van der Waals surface area contributed by atoms with Crippen molar-refractivity contribution in [3.8, 4) is 11.5 Å². The number of aryl methyl sites for hydroxylation is 1. The number of nitrogens with zero attached hydrogens (tertiary/aromatic N) is 3. The molecule has 23 heavy (non-hydrogen) atoms. The van der Waals surface area contributed by atoms with Crippen molar-refractivity contribution in [2.75, 3.05) is 7.05 Å². The highest BCUT2D eigenvalue weighted by atomic mass is 16.5. The maximum Gasteiger partial charge on any atom is 0.232 e. The highest BCUT2D eigenvalue weighted by Crippen LogP contribution is 2.22. The van der Waals surface area contributed by atoms with Crippen molar-refractivity contribution in [1.29, 1.82) is 0 Å². The molecule has 0 aliphatic carbocycles. The monoisotopic (exact) mass is 312 g/mol. The highest BCUT2D eigenvalue weighted by Gasteiger charge is 2.16. The lowest BCUT2D eigenvalue weighted by Crippen LogP contribution is -2.20. The number of carbonyl (C=O) groups is 1. The van der Waals surface area contributed by atoms with Gasteiger partial charge in [-0.25, -0.2) is 4.98 Å². The van der Waals surface area contributed by atoms with Crippen molar-refractivity contribution >= 4 is 5.91 Å². The van der Waals surface area contributed by atoms with Crippen LogP contribution in [-0.2, 0) is 17.6 Å². The Bertz CT molecular complexity index is 808. The first-order chi connectivity index (χ1) is 11.2. The number of oxazole rings is 1. The van der Waals surface area contributed by atoms with Gasteiger partial charge in [0.25, 0.3) is 0 Å².